The number of hydrogen-bond donors (Lipinski definition) is 0. The van der Waals surface area contributed by atoms with Gasteiger partial charge in [-0.3, -0.25) is 4.18 Å². The zero-order chi connectivity index (χ0) is 16.0. The third-order valence-corrected chi connectivity index (χ3v) is 4.22. The van der Waals surface area contributed by atoms with E-state index in [-0.39, 0.29) is 42.1 Å². The maximum absolute atomic E-state index is 10.3. The van der Waals surface area contributed by atoms with Crippen LogP contribution in [0.25, 0.3) is 0 Å². The van der Waals surface area contributed by atoms with Gasteiger partial charge in [0, 0.05) is 0 Å². The van der Waals surface area contributed by atoms with E-state index in [2.05, 4.69) is 11.1 Å². The molecule has 0 fully saturated rings. The Morgan fingerprint density at radius 1 is 0.864 bits per heavy atom. The Morgan fingerprint density at radius 3 is 1.68 bits per heavy atom. The second-order valence-corrected chi connectivity index (χ2v) is 7.17. The molecule has 0 N–H and O–H groups in total. The first kappa shape index (κ1) is 25.1. The Bertz CT molecular complexity index is 320. The molecule has 0 saturated carbocycles. The molecule has 4 nitrogen and oxygen atoms in total. The molecule has 128 valence electrons. The van der Waals surface area contributed by atoms with E-state index < -0.39 is 10.4 Å². The second-order valence-electron chi connectivity index (χ2n) is 6.12. The number of unbranched alkanes of at least 4 members (excludes halogenated alkanes) is 10. The SMILES string of the molecule is CCCCCCCCCCCCCC(C)COS(=O)(=O)[O-].[Na+]. The molecule has 0 aliphatic rings. The monoisotopic (exact) mass is 344 g/mol. The molecule has 1 atom stereocenters. The van der Waals surface area contributed by atoms with Gasteiger partial charge >= 0.3 is 29.6 Å². The summed E-state index contributed by atoms with van der Waals surface area (Å²) < 4.78 is 35.2. The van der Waals surface area contributed by atoms with Crippen molar-refractivity contribution in [1.82, 2.24) is 0 Å². The van der Waals surface area contributed by atoms with Gasteiger partial charge in [-0.2, -0.15) is 0 Å². The van der Waals surface area contributed by atoms with Crippen LogP contribution < -0.4 is 29.6 Å². The Hall–Kier alpha value is 0.870. The molecule has 0 bridgehead atoms. The zero-order valence-corrected chi connectivity index (χ0v) is 17.6. The molecule has 1 unspecified atom stereocenters. The molecule has 0 aromatic carbocycles. The first-order valence-electron chi connectivity index (χ1n) is 8.56. The van der Waals surface area contributed by atoms with Gasteiger partial charge in [0.1, 0.15) is 0 Å². The van der Waals surface area contributed by atoms with Gasteiger partial charge in [0.15, 0.2) is 0 Å². The minimum absolute atomic E-state index is 0. The summed E-state index contributed by atoms with van der Waals surface area (Å²) >= 11 is 0. The van der Waals surface area contributed by atoms with Crippen LogP contribution in [0.1, 0.15) is 90.9 Å². The first-order valence-corrected chi connectivity index (χ1v) is 9.89. The molecular weight excluding hydrogens is 311 g/mol. The summed E-state index contributed by atoms with van der Waals surface area (Å²) in [6, 6.07) is 0. The van der Waals surface area contributed by atoms with Crippen molar-refractivity contribution in [3.8, 4) is 0 Å². The summed E-state index contributed by atoms with van der Waals surface area (Å²) in [6.07, 6.45) is 15.3. The van der Waals surface area contributed by atoms with Crippen LogP contribution in [-0.2, 0) is 14.6 Å². The van der Waals surface area contributed by atoms with Gasteiger partial charge < -0.3 is 4.55 Å². The van der Waals surface area contributed by atoms with E-state index >= 15 is 0 Å². The van der Waals surface area contributed by atoms with E-state index in [1.54, 1.807) is 0 Å². The molecular formula is C16H33NaO4S. The van der Waals surface area contributed by atoms with E-state index in [9.17, 15) is 13.0 Å². The van der Waals surface area contributed by atoms with E-state index in [0.717, 1.165) is 12.8 Å². The molecule has 22 heavy (non-hydrogen) atoms. The van der Waals surface area contributed by atoms with E-state index in [0.29, 0.717) is 0 Å². The Morgan fingerprint density at radius 2 is 1.27 bits per heavy atom. The standard InChI is InChI=1S/C16H34O4S.Na/c1-3-4-5-6-7-8-9-10-11-12-13-14-16(2)15-20-21(17,18)19;/h16H,3-15H2,1-2H3,(H,17,18,19);/q;+1/p-1. The van der Waals surface area contributed by atoms with Crippen molar-refractivity contribution in [3.63, 3.8) is 0 Å². The molecule has 0 aliphatic carbocycles. The summed E-state index contributed by atoms with van der Waals surface area (Å²) in [7, 11) is -4.52. The number of hydrogen-bond acceptors (Lipinski definition) is 4. The first-order chi connectivity index (χ1) is 9.95. The topological polar surface area (TPSA) is 66.4 Å². The zero-order valence-electron chi connectivity index (χ0n) is 14.8. The molecule has 0 rings (SSSR count). The third kappa shape index (κ3) is 20.9. The van der Waals surface area contributed by atoms with Crippen LogP contribution in [-0.4, -0.2) is 19.6 Å². The Kier molecular flexibility index (Phi) is 19.1. The quantitative estimate of drug-likeness (QED) is 0.197. The molecule has 6 heteroatoms. The smallest absolute Gasteiger partial charge is 0.726 e. The fourth-order valence-corrected chi connectivity index (χ4v) is 2.84. The van der Waals surface area contributed by atoms with Crippen molar-refractivity contribution in [3.05, 3.63) is 0 Å². The molecule has 0 spiro atoms. The average molecular weight is 344 g/mol. The summed E-state index contributed by atoms with van der Waals surface area (Å²) in [6.45, 7) is 4.18. The molecule has 0 radical (unpaired) electrons. The van der Waals surface area contributed by atoms with Gasteiger partial charge in [0.25, 0.3) is 0 Å². The Labute approximate surface area is 160 Å². The van der Waals surface area contributed by atoms with Crippen LogP contribution in [0.5, 0.6) is 0 Å². The van der Waals surface area contributed by atoms with Gasteiger partial charge in [-0.15, -0.1) is 0 Å². The van der Waals surface area contributed by atoms with Gasteiger partial charge in [-0.1, -0.05) is 84.5 Å². The summed E-state index contributed by atoms with van der Waals surface area (Å²) in [5.41, 5.74) is 0. The second kappa shape index (κ2) is 16.7. The van der Waals surface area contributed by atoms with Crippen molar-refractivity contribution in [1.29, 1.82) is 0 Å². The minimum atomic E-state index is -4.52. The Balaban J connectivity index is 0. The van der Waals surface area contributed by atoms with Gasteiger partial charge in [-0.05, 0) is 12.3 Å². The predicted molar refractivity (Wildman–Crippen MR) is 85.9 cm³/mol. The summed E-state index contributed by atoms with van der Waals surface area (Å²) in [5, 5.41) is 0. The fourth-order valence-electron chi connectivity index (χ4n) is 2.44. The van der Waals surface area contributed by atoms with E-state index in [4.69, 9.17) is 0 Å². The van der Waals surface area contributed by atoms with Crippen LogP contribution >= 0.6 is 0 Å². The number of rotatable bonds is 15. The fraction of sp³-hybridized carbons (Fsp3) is 1.00. The minimum Gasteiger partial charge on any atom is -0.726 e. The maximum atomic E-state index is 10.3. The van der Waals surface area contributed by atoms with Gasteiger partial charge in [0.05, 0.1) is 6.61 Å². The average Bonchev–Trinajstić information content (AvgIpc) is 2.42. The van der Waals surface area contributed by atoms with Crippen LogP contribution in [0.2, 0.25) is 0 Å². The van der Waals surface area contributed by atoms with E-state index in [1.165, 1.54) is 64.2 Å². The van der Waals surface area contributed by atoms with Crippen LogP contribution in [0.3, 0.4) is 0 Å². The normalized spacial score (nSPS) is 12.9. The largest absolute Gasteiger partial charge is 1.00 e. The third-order valence-electron chi connectivity index (χ3n) is 3.80. The predicted octanol–water partition coefficient (Wildman–Crippen LogP) is 1.80. The van der Waals surface area contributed by atoms with E-state index in [1.807, 2.05) is 6.92 Å². The van der Waals surface area contributed by atoms with Crippen molar-refractivity contribution < 1.29 is 46.7 Å². The van der Waals surface area contributed by atoms with Gasteiger partial charge in [-0.25, -0.2) is 8.42 Å². The van der Waals surface area contributed by atoms with Crippen molar-refractivity contribution in [2.24, 2.45) is 5.92 Å². The van der Waals surface area contributed by atoms with Crippen LogP contribution in [0.15, 0.2) is 0 Å². The molecule has 0 heterocycles. The van der Waals surface area contributed by atoms with Crippen molar-refractivity contribution in [2.75, 3.05) is 6.61 Å². The molecule has 0 aliphatic heterocycles. The van der Waals surface area contributed by atoms with Crippen molar-refractivity contribution >= 4 is 10.4 Å². The van der Waals surface area contributed by atoms with Crippen molar-refractivity contribution in [2.45, 2.75) is 90.9 Å². The van der Waals surface area contributed by atoms with Crippen LogP contribution in [0, 0.1) is 5.92 Å². The molecule has 0 aromatic heterocycles. The summed E-state index contributed by atoms with van der Waals surface area (Å²) in [5.74, 6) is 0.132. The summed E-state index contributed by atoms with van der Waals surface area (Å²) in [4.78, 5) is 0. The maximum Gasteiger partial charge on any atom is 1.00 e. The van der Waals surface area contributed by atoms with Gasteiger partial charge in [0.2, 0.25) is 10.4 Å². The molecule has 0 aromatic rings. The molecule has 0 amide bonds. The molecule has 0 saturated heterocycles. The van der Waals surface area contributed by atoms with Crippen LogP contribution in [0.4, 0.5) is 0 Å².